The minimum atomic E-state index is -0.0450. The molecule has 1 N–H and O–H groups in total. The van der Waals surface area contributed by atoms with E-state index in [4.69, 9.17) is 14.5 Å². The summed E-state index contributed by atoms with van der Waals surface area (Å²) in [5.74, 6) is 2.78. The highest BCUT2D eigenvalue weighted by Gasteiger charge is 2.26. The third-order valence-corrected chi connectivity index (χ3v) is 7.19. The van der Waals surface area contributed by atoms with Gasteiger partial charge in [-0.3, -0.25) is 14.6 Å². The fraction of sp³-hybridized carbons (Fsp3) is 0.379. The number of Topliss-reactive ketones (excluding diaryl/α,β-unsaturated/α-hetero) is 1. The van der Waals surface area contributed by atoms with Crippen LogP contribution >= 0.6 is 0 Å². The maximum absolute atomic E-state index is 13.4. The summed E-state index contributed by atoms with van der Waals surface area (Å²) in [6.45, 7) is 3.67. The third-order valence-electron chi connectivity index (χ3n) is 7.19. The second kappa shape index (κ2) is 10.1. The van der Waals surface area contributed by atoms with Gasteiger partial charge in [0, 0.05) is 57.1 Å². The lowest BCUT2D eigenvalue weighted by atomic mass is 10.1. The molecule has 0 unspecified atom stereocenters. The van der Waals surface area contributed by atoms with Crippen LogP contribution in [-0.4, -0.2) is 38.1 Å². The summed E-state index contributed by atoms with van der Waals surface area (Å²) in [6.07, 6.45) is 7.24. The number of benzene rings is 1. The lowest BCUT2D eigenvalue weighted by molar-refractivity contribution is -0.116. The minimum absolute atomic E-state index is 0.0450. The van der Waals surface area contributed by atoms with Crippen molar-refractivity contribution in [2.45, 2.75) is 45.1 Å². The van der Waals surface area contributed by atoms with Gasteiger partial charge >= 0.3 is 0 Å². The first-order chi connectivity index (χ1) is 18.4. The molecular weight excluding hydrogens is 482 g/mol. The smallest absolute Gasteiger partial charge is 0.274 e. The summed E-state index contributed by atoms with van der Waals surface area (Å²) in [4.78, 5) is 33.8. The topological polar surface area (TPSA) is 100 Å². The normalized spacial score (nSPS) is 17.2. The van der Waals surface area contributed by atoms with Gasteiger partial charge in [0.05, 0.1) is 23.3 Å². The van der Waals surface area contributed by atoms with Crippen molar-refractivity contribution in [3.05, 3.63) is 70.4 Å². The Kier molecular flexibility index (Phi) is 6.45. The number of fused-ring (bicyclic) bond motifs is 1. The second-order valence-electron chi connectivity index (χ2n) is 10.4. The van der Waals surface area contributed by atoms with Crippen LogP contribution in [0.5, 0.6) is 11.5 Å². The maximum atomic E-state index is 13.4. The molecule has 0 amide bonds. The standard InChI is InChI=1S/C29H31N5O4/c1-18(35)11-22-13-24(7-9-30-22)38-23-5-6-25-27(14-23)33(2)29(31-25)32-26-12-21(20-3-4-20)16-34(28(26)36)15-19-8-10-37-17-19/h5-7,9,12-14,16,19-20H,3-4,8,10-11,15,17H2,1-2H3,(H,31,32)/t19-/m0/s1. The number of ether oxygens (including phenoxy) is 2. The molecule has 0 bridgehead atoms. The van der Waals surface area contributed by atoms with Gasteiger partial charge in [0.1, 0.15) is 23.0 Å². The molecule has 0 spiro atoms. The van der Waals surface area contributed by atoms with E-state index < -0.39 is 0 Å². The fourth-order valence-electron chi connectivity index (χ4n) is 5.00. The molecule has 3 aromatic heterocycles. The molecule has 2 aliphatic rings. The summed E-state index contributed by atoms with van der Waals surface area (Å²) in [5, 5.41) is 3.32. The second-order valence-corrected chi connectivity index (χ2v) is 10.4. The minimum Gasteiger partial charge on any atom is -0.457 e. The number of aryl methyl sites for hydroxylation is 1. The van der Waals surface area contributed by atoms with Crippen LogP contribution in [0.2, 0.25) is 0 Å². The Bertz CT molecular complexity index is 1560. The van der Waals surface area contributed by atoms with Crippen molar-refractivity contribution in [3.8, 4) is 11.5 Å². The molecule has 1 aromatic carbocycles. The molecule has 6 rings (SSSR count). The number of carbonyl (C=O) groups excluding carboxylic acids is 1. The summed E-state index contributed by atoms with van der Waals surface area (Å²) in [7, 11) is 1.91. The van der Waals surface area contributed by atoms with Gasteiger partial charge in [0.15, 0.2) is 0 Å². The van der Waals surface area contributed by atoms with Crippen molar-refractivity contribution in [3.63, 3.8) is 0 Å². The van der Waals surface area contributed by atoms with Crippen molar-refractivity contribution in [2.24, 2.45) is 13.0 Å². The predicted molar refractivity (Wildman–Crippen MR) is 144 cm³/mol. The van der Waals surface area contributed by atoms with Gasteiger partial charge in [-0.05, 0) is 61.9 Å². The number of hydrogen-bond donors (Lipinski definition) is 1. The molecule has 1 aliphatic carbocycles. The van der Waals surface area contributed by atoms with E-state index in [-0.39, 0.29) is 17.8 Å². The number of nitrogens with one attached hydrogen (secondary N) is 1. The molecule has 4 aromatic rings. The molecular formula is C29H31N5O4. The van der Waals surface area contributed by atoms with Gasteiger partial charge in [-0.25, -0.2) is 4.98 Å². The van der Waals surface area contributed by atoms with Crippen molar-refractivity contribution < 1.29 is 14.3 Å². The molecule has 9 nitrogen and oxygen atoms in total. The van der Waals surface area contributed by atoms with E-state index in [1.54, 1.807) is 25.3 Å². The molecule has 1 saturated carbocycles. The first-order valence-electron chi connectivity index (χ1n) is 13.1. The van der Waals surface area contributed by atoms with Crippen LogP contribution in [0, 0.1) is 5.92 Å². The highest BCUT2D eigenvalue weighted by molar-refractivity contribution is 5.81. The zero-order chi connectivity index (χ0) is 26.2. The highest BCUT2D eigenvalue weighted by atomic mass is 16.5. The molecule has 0 radical (unpaired) electrons. The number of imidazole rings is 1. The Morgan fingerprint density at radius 3 is 2.76 bits per heavy atom. The Labute approximate surface area is 220 Å². The van der Waals surface area contributed by atoms with Gasteiger partial charge in [0.2, 0.25) is 5.95 Å². The van der Waals surface area contributed by atoms with E-state index in [1.807, 2.05) is 46.6 Å². The van der Waals surface area contributed by atoms with Crippen LogP contribution in [0.15, 0.2) is 53.6 Å². The number of anilines is 2. The molecule has 1 atom stereocenters. The third kappa shape index (κ3) is 5.19. The predicted octanol–water partition coefficient (Wildman–Crippen LogP) is 4.71. The molecule has 4 heterocycles. The molecule has 1 saturated heterocycles. The number of aromatic nitrogens is 4. The van der Waals surface area contributed by atoms with Crippen LogP contribution in [0.3, 0.4) is 0 Å². The summed E-state index contributed by atoms with van der Waals surface area (Å²) in [6, 6.07) is 11.2. The van der Waals surface area contributed by atoms with Crippen molar-refractivity contribution in [1.29, 1.82) is 0 Å². The van der Waals surface area contributed by atoms with Crippen LogP contribution in [0.1, 0.15) is 43.4 Å². The van der Waals surface area contributed by atoms with E-state index >= 15 is 0 Å². The largest absolute Gasteiger partial charge is 0.457 e. The van der Waals surface area contributed by atoms with E-state index in [0.717, 1.165) is 36.9 Å². The zero-order valence-corrected chi connectivity index (χ0v) is 21.6. The van der Waals surface area contributed by atoms with E-state index in [1.165, 1.54) is 5.56 Å². The highest BCUT2D eigenvalue weighted by Crippen LogP contribution is 2.40. The number of pyridine rings is 2. The summed E-state index contributed by atoms with van der Waals surface area (Å²) >= 11 is 0. The Morgan fingerprint density at radius 1 is 1.16 bits per heavy atom. The summed E-state index contributed by atoms with van der Waals surface area (Å²) < 4.78 is 15.4. The van der Waals surface area contributed by atoms with E-state index in [9.17, 15) is 9.59 Å². The van der Waals surface area contributed by atoms with Crippen LogP contribution < -0.4 is 15.6 Å². The number of carbonyl (C=O) groups is 1. The fourth-order valence-corrected chi connectivity index (χ4v) is 5.00. The van der Waals surface area contributed by atoms with Crippen molar-refractivity contribution in [2.75, 3.05) is 18.5 Å². The van der Waals surface area contributed by atoms with Gasteiger partial charge in [0.25, 0.3) is 5.56 Å². The van der Waals surface area contributed by atoms with Gasteiger partial charge in [-0.1, -0.05) is 0 Å². The Morgan fingerprint density at radius 2 is 2.00 bits per heavy atom. The average Bonchev–Trinajstić information content (AvgIpc) is 3.53. The lowest BCUT2D eigenvalue weighted by Crippen LogP contribution is -2.26. The van der Waals surface area contributed by atoms with Gasteiger partial charge in [-0.2, -0.15) is 0 Å². The Hall–Kier alpha value is -3.98. The SMILES string of the molecule is CC(=O)Cc1cc(Oc2ccc3nc(Nc4cc(C5CC5)cn(C[C@@H]5CCOC5)c4=O)n(C)c3c2)ccn1. The van der Waals surface area contributed by atoms with E-state index in [0.29, 0.717) is 53.8 Å². The number of hydrogen-bond acceptors (Lipinski definition) is 7. The number of nitrogens with zero attached hydrogens (tertiary/aromatic N) is 4. The maximum Gasteiger partial charge on any atom is 0.274 e. The van der Waals surface area contributed by atoms with Crippen molar-refractivity contribution >= 4 is 28.5 Å². The molecule has 38 heavy (non-hydrogen) atoms. The number of ketones is 1. The Balaban J connectivity index is 1.27. The van der Waals surface area contributed by atoms with Crippen LogP contribution in [0.25, 0.3) is 11.0 Å². The molecule has 2 fully saturated rings. The van der Waals surface area contributed by atoms with Gasteiger partial charge < -0.3 is 23.9 Å². The average molecular weight is 514 g/mol. The van der Waals surface area contributed by atoms with Crippen molar-refractivity contribution in [1.82, 2.24) is 19.1 Å². The van der Waals surface area contributed by atoms with E-state index in [2.05, 4.69) is 10.3 Å². The van der Waals surface area contributed by atoms with Gasteiger partial charge in [-0.15, -0.1) is 0 Å². The van der Waals surface area contributed by atoms with Crippen LogP contribution in [-0.2, 0) is 29.5 Å². The quantitative estimate of drug-likeness (QED) is 0.346. The molecule has 196 valence electrons. The first-order valence-corrected chi connectivity index (χ1v) is 13.1. The van der Waals surface area contributed by atoms with Crippen LogP contribution in [0.4, 0.5) is 11.6 Å². The zero-order valence-electron chi connectivity index (χ0n) is 21.6. The monoisotopic (exact) mass is 513 g/mol. The lowest BCUT2D eigenvalue weighted by Gasteiger charge is -2.15. The molecule has 1 aliphatic heterocycles. The molecule has 9 heteroatoms. The summed E-state index contributed by atoms with van der Waals surface area (Å²) in [5.41, 5.74) is 4.01. The number of rotatable bonds is 9. The first kappa shape index (κ1) is 24.4.